The highest BCUT2D eigenvalue weighted by Crippen LogP contribution is 2.31. The lowest BCUT2D eigenvalue weighted by Crippen LogP contribution is -2.11. The number of benzene rings is 1. The van der Waals surface area contributed by atoms with Crippen LogP contribution in [-0.4, -0.2) is 14.9 Å². The summed E-state index contributed by atoms with van der Waals surface area (Å²) in [6.45, 7) is 6.65. The Bertz CT molecular complexity index is 543. The van der Waals surface area contributed by atoms with Crippen molar-refractivity contribution in [2.45, 2.75) is 33.4 Å². The number of aromatic nitrogens is 2. The van der Waals surface area contributed by atoms with E-state index in [1.54, 1.807) is 10.9 Å². The zero-order valence-electron chi connectivity index (χ0n) is 10.8. The smallest absolute Gasteiger partial charge is 0.123 e. The van der Waals surface area contributed by atoms with Crippen LogP contribution in [0, 0.1) is 13.8 Å². The fourth-order valence-corrected chi connectivity index (χ4v) is 2.54. The molecule has 0 aliphatic carbocycles. The summed E-state index contributed by atoms with van der Waals surface area (Å²) < 4.78 is 1.74. The summed E-state index contributed by atoms with van der Waals surface area (Å²) in [4.78, 5) is 0. The Labute approximate surface area is 112 Å². The molecule has 2 rings (SSSR count). The topological polar surface area (TPSA) is 38.0 Å². The van der Waals surface area contributed by atoms with Gasteiger partial charge in [0.2, 0.25) is 0 Å². The lowest BCUT2D eigenvalue weighted by molar-refractivity contribution is 0.206. The van der Waals surface area contributed by atoms with E-state index >= 15 is 0 Å². The van der Waals surface area contributed by atoms with E-state index in [4.69, 9.17) is 11.6 Å². The van der Waals surface area contributed by atoms with Gasteiger partial charge >= 0.3 is 0 Å². The van der Waals surface area contributed by atoms with Crippen LogP contribution in [-0.2, 0) is 6.54 Å². The van der Waals surface area contributed by atoms with Gasteiger partial charge in [-0.15, -0.1) is 0 Å². The summed E-state index contributed by atoms with van der Waals surface area (Å²) in [5, 5.41) is 15.3. The minimum absolute atomic E-state index is 0.506. The average Bonchev–Trinajstić information content (AvgIpc) is 2.70. The molecule has 1 aromatic carbocycles. The Morgan fingerprint density at radius 2 is 1.94 bits per heavy atom. The molecule has 4 heteroatoms. The first-order valence-corrected chi connectivity index (χ1v) is 6.39. The highest BCUT2D eigenvalue weighted by Gasteiger charge is 2.22. The zero-order valence-corrected chi connectivity index (χ0v) is 11.6. The molecule has 3 nitrogen and oxygen atoms in total. The van der Waals surface area contributed by atoms with Crippen LogP contribution in [0.15, 0.2) is 24.4 Å². The molecule has 0 saturated carbocycles. The van der Waals surface area contributed by atoms with Gasteiger partial charge in [0.05, 0.1) is 16.9 Å². The van der Waals surface area contributed by atoms with Crippen molar-refractivity contribution in [3.05, 3.63) is 51.8 Å². The van der Waals surface area contributed by atoms with Crippen LogP contribution in [0.5, 0.6) is 0 Å². The van der Waals surface area contributed by atoms with Gasteiger partial charge in [-0.05, 0) is 37.5 Å². The maximum atomic E-state index is 10.6. The SMILES string of the molecule is CCn1ncc(Cl)c1C(O)c1c(C)cccc1C. The minimum atomic E-state index is -0.735. The summed E-state index contributed by atoms with van der Waals surface area (Å²) in [7, 11) is 0. The Morgan fingerprint density at radius 3 is 2.50 bits per heavy atom. The number of aliphatic hydroxyl groups excluding tert-OH is 1. The maximum Gasteiger partial charge on any atom is 0.123 e. The van der Waals surface area contributed by atoms with Gasteiger partial charge in [0.25, 0.3) is 0 Å². The van der Waals surface area contributed by atoms with Crippen LogP contribution in [0.4, 0.5) is 0 Å². The van der Waals surface area contributed by atoms with Gasteiger partial charge in [0, 0.05) is 6.54 Å². The molecule has 0 aliphatic rings. The first kappa shape index (κ1) is 13.1. The third-order valence-corrected chi connectivity index (χ3v) is 3.50. The van der Waals surface area contributed by atoms with Crippen LogP contribution in [0.25, 0.3) is 0 Å². The molecule has 0 amide bonds. The first-order valence-electron chi connectivity index (χ1n) is 6.01. The number of halogens is 1. The molecule has 0 spiro atoms. The van der Waals surface area contributed by atoms with Crippen LogP contribution in [0.2, 0.25) is 5.02 Å². The second-order valence-electron chi connectivity index (χ2n) is 4.40. The van der Waals surface area contributed by atoms with Gasteiger partial charge in [-0.25, -0.2) is 0 Å². The minimum Gasteiger partial charge on any atom is -0.382 e. The molecule has 96 valence electrons. The van der Waals surface area contributed by atoms with Crippen molar-refractivity contribution in [3.63, 3.8) is 0 Å². The number of aryl methyl sites for hydroxylation is 3. The summed E-state index contributed by atoms with van der Waals surface area (Å²) >= 11 is 6.13. The standard InChI is InChI=1S/C14H17ClN2O/c1-4-17-13(11(15)8-16-17)14(18)12-9(2)6-5-7-10(12)3/h5-8,14,18H,4H2,1-3H3. The van der Waals surface area contributed by atoms with E-state index in [1.165, 1.54) is 0 Å². The lowest BCUT2D eigenvalue weighted by atomic mass is 9.96. The molecule has 1 N–H and O–H groups in total. The van der Waals surface area contributed by atoms with Crippen molar-refractivity contribution in [1.82, 2.24) is 9.78 Å². The van der Waals surface area contributed by atoms with Gasteiger partial charge in [0.1, 0.15) is 6.10 Å². The van der Waals surface area contributed by atoms with Gasteiger partial charge in [-0.3, -0.25) is 4.68 Å². The van der Waals surface area contributed by atoms with E-state index in [0.29, 0.717) is 17.3 Å². The third-order valence-electron chi connectivity index (χ3n) is 3.21. The lowest BCUT2D eigenvalue weighted by Gasteiger charge is -2.18. The number of aliphatic hydroxyl groups is 1. The van der Waals surface area contributed by atoms with E-state index in [1.807, 2.05) is 39.0 Å². The molecule has 1 atom stereocenters. The van der Waals surface area contributed by atoms with E-state index in [-0.39, 0.29) is 0 Å². The second kappa shape index (κ2) is 5.12. The summed E-state index contributed by atoms with van der Waals surface area (Å²) in [5.41, 5.74) is 3.69. The molecule has 0 bridgehead atoms. The largest absolute Gasteiger partial charge is 0.382 e. The van der Waals surface area contributed by atoms with Gasteiger partial charge in [0.15, 0.2) is 0 Å². The van der Waals surface area contributed by atoms with Crippen molar-refractivity contribution in [3.8, 4) is 0 Å². The third kappa shape index (κ3) is 2.16. The van der Waals surface area contributed by atoms with Crippen molar-refractivity contribution < 1.29 is 5.11 Å². The Balaban J connectivity index is 2.54. The van der Waals surface area contributed by atoms with E-state index in [9.17, 15) is 5.11 Å². The Hall–Kier alpha value is -1.32. The van der Waals surface area contributed by atoms with E-state index in [0.717, 1.165) is 16.7 Å². The Kier molecular flexibility index (Phi) is 3.73. The molecule has 0 saturated heterocycles. The normalized spacial score (nSPS) is 12.7. The molecular weight excluding hydrogens is 248 g/mol. The fourth-order valence-electron chi connectivity index (χ4n) is 2.29. The predicted molar refractivity (Wildman–Crippen MR) is 72.9 cm³/mol. The molecule has 1 aromatic heterocycles. The zero-order chi connectivity index (χ0) is 13.3. The maximum absolute atomic E-state index is 10.6. The van der Waals surface area contributed by atoms with Crippen molar-refractivity contribution in [2.75, 3.05) is 0 Å². The molecule has 2 aromatic rings. The Morgan fingerprint density at radius 1 is 1.33 bits per heavy atom. The molecule has 0 radical (unpaired) electrons. The van der Waals surface area contributed by atoms with Crippen LogP contribution in [0.3, 0.4) is 0 Å². The van der Waals surface area contributed by atoms with Crippen LogP contribution in [0.1, 0.15) is 35.4 Å². The summed E-state index contributed by atoms with van der Waals surface area (Å²) in [6.07, 6.45) is 0.846. The quantitative estimate of drug-likeness (QED) is 0.924. The van der Waals surface area contributed by atoms with E-state index in [2.05, 4.69) is 5.10 Å². The fraction of sp³-hybridized carbons (Fsp3) is 0.357. The van der Waals surface area contributed by atoms with Crippen LogP contribution < -0.4 is 0 Å². The van der Waals surface area contributed by atoms with Crippen molar-refractivity contribution in [2.24, 2.45) is 0 Å². The van der Waals surface area contributed by atoms with Crippen molar-refractivity contribution in [1.29, 1.82) is 0 Å². The predicted octanol–water partition coefficient (Wildman–Crippen LogP) is 3.25. The molecule has 0 aliphatic heterocycles. The highest BCUT2D eigenvalue weighted by atomic mass is 35.5. The van der Waals surface area contributed by atoms with E-state index < -0.39 is 6.10 Å². The van der Waals surface area contributed by atoms with Gasteiger partial charge in [-0.2, -0.15) is 5.10 Å². The molecule has 1 unspecified atom stereocenters. The number of nitrogens with zero attached hydrogens (tertiary/aromatic N) is 2. The highest BCUT2D eigenvalue weighted by molar-refractivity contribution is 6.31. The van der Waals surface area contributed by atoms with Crippen molar-refractivity contribution >= 4 is 11.6 Å². The van der Waals surface area contributed by atoms with Gasteiger partial charge in [-0.1, -0.05) is 29.8 Å². The molecule has 0 fully saturated rings. The number of hydrogen-bond acceptors (Lipinski definition) is 2. The van der Waals surface area contributed by atoms with Crippen LogP contribution >= 0.6 is 11.6 Å². The average molecular weight is 265 g/mol. The monoisotopic (exact) mass is 264 g/mol. The number of hydrogen-bond donors (Lipinski definition) is 1. The number of rotatable bonds is 3. The second-order valence-corrected chi connectivity index (χ2v) is 4.81. The molecule has 18 heavy (non-hydrogen) atoms. The van der Waals surface area contributed by atoms with Gasteiger partial charge < -0.3 is 5.11 Å². The first-order chi connectivity index (χ1) is 8.56. The summed E-state index contributed by atoms with van der Waals surface area (Å²) in [6, 6.07) is 5.97. The summed E-state index contributed by atoms with van der Waals surface area (Å²) in [5.74, 6) is 0. The molecular formula is C14H17ClN2O. The molecule has 1 heterocycles.